The summed E-state index contributed by atoms with van der Waals surface area (Å²) in [5.41, 5.74) is 2.61. The number of fused-ring (bicyclic) bond motifs is 1. The maximum absolute atomic E-state index is 4.88. The molecule has 5 nitrogen and oxygen atoms in total. The van der Waals surface area contributed by atoms with Crippen LogP contribution in [0.25, 0.3) is 0 Å². The molecule has 0 bridgehead atoms. The van der Waals surface area contributed by atoms with Crippen LogP contribution in [0.2, 0.25) is 0 Å². The molecule has 22 heavy (non-hydrogen) atoms. The van der Waals surface area contributed by atoms with Gasteiger partial charge in [0.25, 0.3) is 0 Å². The number of nitrogens with one attached hydrogen (secondary N) is 1. The number of hydrogen-bond donors (Lipinski definition) is 1. The highest BCUT2D eigenvalue weighted by Crippen LogP contribution is 2.30. The summed E-state index contributed by atoms with van der Waals surface area (Å²) >= 11 is 0. The van der Waals surface area contributed by atoms with Gasteiger partial charge in [-0.25, -0.2) is 15.0 Å². The van der Waals surface area contributed by atoms with Gasteiger partial charge < -0.3 is 10.2 Å². The average molecular weight is 295 g/mol. The summed E-state index contributed by atoms with van der Waals surface area (Å²) in [5, 5.41) is 3.44. The fourth-order valence-electron chi connectivity index (χ4n) is 3.45. The summed E-state index contributed by atoms with van der Waals surface area (Å²) in [5.74, 6) is 2.71. The van der Waals surface area contributed by atoms with E-state index >= 15 is 0 Å². The van der Waals surface area contributed by atoms with Crippen molar-refractivity contribution < 1.29 is 0 Å². The largest absolute Gasteiger partial charge is 0.370 e. The van der Waals surface area contributed by atoms with Gasteiger partial charge in [0.2, 0.25) is 0 Å². The Bertz CT molecular complexity index is 635. The molecule has 0 spiro atoms. The first-order valence-corrected chi connectivity index (χ1v) is 8.15. The SMILES string of the molecule is c1cc(N2CCC(c3ccc4c(n3)NCCC4)CC2)ncn1. The van der Waals surface area contributed by atoms with Crippen LogP contribution in [0.3, 0.4) is 0 Å². The van der Waals surface area contributed by atoms with E-state index in [-0.39, 0.29) is 0 Å². The average Bonchev–Trinajstić information content (AvgIpc) is 2.62. The van der Waals surface area contributed by atoms with Crippen LogP contribution in [-0.2, 0) is 6.42 Å². The van der Waals surface area contributed by atoms with Crippen molar-refractivity contribution in [2.45, 2.75) is 31.6 Å². The van der Waals surface area contributed by atoms with Gasteiger partial charge in [0.15, 0.2) is 0 Å². The van der Waals surface area contributed by atoms with Crippen molar-refractivity contribution in [3.63, 3.8) is 0 Å². The van der Waals surface area contributed by atoms with Gasteiger partial charge in [0, 0.05) is 37.4 Å². The molecule has 2 aliphatic heterocycles. The molecule has 0 atom stereocenters. The molecule has 4 heterocycles. The minimum atomic E-state index is 0.562. The molecule has 1 fully saturated rings. The topological polar surface area (TPSA) is 53.9 Å². The molecule has 1 saturated heterocycles. The Morgan fingerprint density at radius 2 is 2.05 bits per heavy atom. The van der Waals surface area contributed by atoms with E-state index in [4.69, 9.17) is 4.98 Å². The third kappa shape index (κ3) is 2.63. The molecule has 2 aromatic heterocycles. The number of hydrogen-bond acceptors (Lipinski definition) is 5. The standard InChI is InChI=1S/C17H21N5/c1-2-14-3-4-15(21-17(14)19-8-1)13-6-10-22(11-7-13)16-5-9-18-12-20-16/h3-5,9,12-13H,1-2,6-8,10-11H2,(H,19,21). The molecule has 114 valence electrons. The van der Waals surface area contributed by atoms with E-state index in [1.165, 1.54) is 17.7 Å². The van der Waals surface area contributed by atoms with Crippen LogP contribution in [0.4, 0.5) is 11.6 Å². The van der Waals surface area contributed by atoms with Crippen molar-refractivity contribution in [2.24, 2.45) is 0 Å². The first-order valence-electron chi connectivity index (χ1n) is 8.15. The number of piperidine rings is 1. The number of rotatable bonds is 2. The maximum atomic E-state index is 4.88. The first-order chi connectivity index (χ1) is 10.9. The zero-order valence-corrected chi connectivity index (χ0v) is 12.7. The van der Waals surface area contributed by atoms with Crippen LogP contribution in [0.1, 0.15) is 36.4 Å². The minimum Gasteiger partial charge on any atom is -0.370 e. The van der Waals surface area contributed by atoms with Gasteiger partial charge in [-0.2, -0.15) is 0 Å². The third-order valence-corrected chi connectivity index (χ3v) is 4.72. The van der Waals surface area contributed by atoms with Gasteiger partial charge in [0.05, 0.1) is 0 Å². The molecule has 2 aliphatic rings. The van der Waals surface area contributed by atoms with Crippen LogP contribution in [0, 0.1) is 0 Å². The Balaban J connectivity index is 1.45. The summed E-state index contributed by atoms with van der Waals surface area (Å²) in [4.78, 5) is 15.6. The molecule has 5 heteroatoms. The van der Waals surface area contributed by atoms with Crippen molar-refractivity contribution >= 4 is 11.6 Å². The second-order valence-corrected chi connectivity index (χ2v) is 6.10. The van der Waals surface area contributed by atoms with Crippen LogP contribution in [0.5, 0.6) is 0 Å². The Morgan fingerprint density at radius 1 is 1.14 bits per heavy atom. The first kappa shape index (κ1) is 13.5. The van der Waals surface area contributed by atoms with Crippen molar-refractivity contribution in [3.8, 4) is 0 Å². The van der Waals surface area contributed by atoms with Crippen LogP contribution < -0.4 is 10.2 Å². The summed E-state index contributed by atoms with van der Waals surface area (Å²) in [7, 11) is 0. The minimum absolute atomic E-state index is 0.562. The molecule has 2 aromatic rings. The lowest BCUT2D eigenvalue weighted by atomic mass is 9.92. The lowest BCUT2D eigenvalue weighted by Crippen LogP contribution is -2.33. The predicted octanol–water partition coefficient (Wildman–Crippen LogP) is 2.61. The lowest BCUT2D eigenvalue weighted by molar-refractivity contribution is 0.493. The smallest absolute Gasteiger partial charge is 0.131 e. The molecule has 0 radical (unpaired) electrons. The van der Waals surface area contributed by atoms with Gasteiger partial charge in [-0.15, -0.1) is 0 Å². The summed E-state index contributed by atoms with van der Waals surface area (Å²) < 4.78 is 0. The summed E-state index contributed by atoms with van der Waals surface area (Å²) in [6.45, 7) is 3.12. The fourth-order valence-corrected chi connectivity index (χ4v) is 3.45. The Hall–Kier alpha value is -2.17. The Labute approximate surface area is 130 Å². The molecule has 0 saturated carbocycles. The quantitative estimate of drug-likeness (QED) is 0.923. The molecule has 4 rings (SSSR count). The van der Waals surface area contributed by atoms with Crippen molar-refractivity contribution in [3.05, 3.63) is 42.0 Å². The van der Waals surface area contributed by atoms with E-state index in [0.29, 0.717) is 5.92 Å². The predicted molar refractivity (Wildman–Crippen MR) is 87.3 cm³/mol. The Kier molecular flexibility index (Phi) is 3.62. The van der Waals surface area contributed by atoms with E-state index in [2.05, 4.69) is 32.3 Å². The molecule has 0 aromatic carbocycles. The number of pyridine rings is 1. The van der Waals surface area contributed by atoms with Crippen LogP contribution >= 0.6 is 0 Å². The normalized spacial score (nSPS) is 18.6. The van der Waals surface area contributed by atoms with Crippen molar-refractivity contribution in [2.75, 3.05) is 29.9 Å². The van der Waals surface area contributed by atoms with Gasteiger partial charge in [-0.1, -0.05) is 6.07 Å². The maximum Gasteiger partial charge on any atom is 0.131 e. The molecule has 0 aliphatic carbocycles. The number of anilines is 2. The van der Waals surface area contributed by atoms with Crippen molar-refractivity contribution in [1.29, 1.82) is 0 Å². The lowest BCUT2D eigenvalue weighted by Gasteiger charge is -2.32. The van der Waals surface area contributed by atoms with Gasteiger partial charge in [-0.05, 0) is 43.4 Å². The highest BCUT2D eigenvalue weighted by Gasteiger charge is 2.23. The zero-order valence-electron chi connectivity index (χ0n) is 12.7. The fraction of sp³-hybridized carbons (Fsp3) is 0.471. The highest BCUT2D eigenvalue weighted by atomic mass is 15.2. The molecular weight excluding hydrogens is 274 g/mol. The number of aromatic nitrogens is 3. The van der Waals surface area contributed by atoms with Crippen molar-refractivity contribution in [1.82, 2.24) is 15.0 Å². The summed E-state index contributed by atoms with van der Waals surface area (Å²) in [6.07, 6.45) is 8.07. The van der Waals surface area contributed by atoms with E-state index in [1.54, 1.807) is 6.33 Å². The van der Waals surface area contributed by atoms with E-state index in [0.717, 1.165) is 50.5 Å². The third-order valence-electron chi connectivity index (χ3n) is 4.72. The monoisotopic (exact) mass is 295 g/mol. The molecule has 1 N–H and O–H groups in total. The Morgan fingerprint density at radius 3 is 2.86 bits per heavy atom. The van der Waals surface area contributed by atoms with Gasteiger partial charge in [-0.3, -0.25) is 0 Å². The second-order valence-electron chi connectivity index (χ2n) is 6.10. The number of nitrogens with zero attached hydrogens (tertiary/aromatic N) is 4. The molecular formula is C17H21N5. The molecule has 0 unspecified atom stereocenters. The van der Waals surface area contributed by atoms with Crippen LogP contribution in [0.15, 0.2) is 30.7 Å². The summed E-state index contributed by atoms with van der Waals surface area (Å²) in [6, 6.07) is 6.48. The van der Waals surface area contributed by atoms with Gasteiger partial charge in [0.1, 0.15) is 18.0 Å². The van der Waals surface area contributed by atoms with E-state index < -0.39 is 0 Å². The zero-order chi connectivity index (χ0) is 14.8. The van der Waals surface area contributed by atoms with E-state index in [1.807, 2.05) is 12.3 Å². The van der Waals surface area contributed by atoms with E-state index in [9.17, 15) is 0 Å². The van der Waals surface area contributed by atoms with Gasteiger partial charge >= 0.3 is 0 Å². The number of aryl methyl sites for hydroxylation is 1. The van der Waals surface area contributed by atoms with Crippen LogP contribution in [-0.4, -0.2) is 34.6 Å². The highest BCUT2D eigenvalue weighted by molar-refractivity contribution is 5.47. The molecule has 0 amide bonds. The second kappa shape index (κ2) is 5.91.